The van der Waals surface area contributed by atoms with E-state index in [2.05, 4.69) is 15.4 Å². The molecule has 2 aromatic heterocycles. The van der Waals surface area contributed by atoms with Crippen molar-refractivity contribution < 1.29 is 14.6 Å². The van der Waals surface area contributed by atoms with Crippen LogP contribution in [-0.2, 0) is 16.1 Å². The summed E-state index contributed by atoms with van der Waals surface area (Å²) in [6.07, 6.45) is 3.29. The number of nitrogens with one attached hydrogen (secondary N) is 1. The van der Waals surface area contributed by atoms with Crippen molar-refractivity contribution in [2.24, 2.45) is 0 Å². The van der Waals surface area contributed by atoms with E-state index in [1.165, 1.54) is 11.3 Å². The van der Waals surface area contributed by atoms with E-state index in [9.17, 15) is 9.90 Å². The topological polar surface area (TPSA) is 92.5 Å². The molecule has 9 heteroatoms. The van der Waals surface area contributed by atoms with Gasteiger partial charge in [-0.25, -0.2) is 4.98 Å². The molecule has 0 unspecified atom stereocenters. The Morgan fingerprint density at radius 1 is 1.34 bits per heavy atom. The second-order valence-corrected chi connectivity index (χ2v) is 7.62. The molecular formula is C20H23N5O3S. The average molecular weight is 414 g/mol. The van der Waals surface area contributed by atoms with E-state index in [4.69, 9.17) is 4.74 Å². The third kappa shape index (κ3) is 4.64. The number of nitrogens with zero attached hydrogens (tertiary/aromatic N) is 4. The first kappa shape index (κ1) is 19.6. The van der Waals surface area contributed by atoms with Gasteiger partial charge in [-0.1, -0.05) is 12.1 Å². The third-order valence-corrected chi connectivity index (χ3v) is 5.39. The van der Waals surface area contributed by atoms with Crippen LogP contribution in [0.3, 0.4) is 0 Å². The molecule has 1 aromatic carbocycles. The Labute approximate surface area is 172 Å². The zero-order valence-electron chi connectivity index (χ0n) is 16.1. The van der Waals surface area contributed by atoms with Gasteiger partial charge in [-0.05, 0) is 19.1 Å². The molecular weight excluding hydrogens is 390 g/mol. The predicted molar refractivity (Wildman–Crippen MR) is 113 cm³/mol. The van der Waals surface area contributed by atoms with Crippen molar-refractivity contribution in [2.45, 2.75) is 26.0 Å². The lowest BCUT2D eigenvalue weighted by Gasteiger charge is -2.15. The first-order valence-corrected chi connectivity index (χ1v) is 10.4. The Bertz CT molecular complexity index is 969. The van der Waals surface area contributed by atoms with Gasteiger partial charge >= 0.3 is 0 Å². The molecule has 2 N–H and O–H groups in total. The van der Waals surface area contributed by atoms with Crippen LogP contribution in [0.1, 0.15) is 13.3 Å². The summed E-state index contributed by atoms with van der Waals surface area (Å²) in [5.41, 5.74) is 3.51. The molecule has 152 valence electrons. The number of ether oxygens (including phenoxy) is 1. The normalized spacial score (nSPS) is 16.6. The molecule has 0 radical (unpaired) electrons. The summed E-state index contributed by atoms with van der Waals surface area (Å²) in [6, 6.07) is 7.66. The molecule has 1 aliphatic heterocycles. The van der Waals surface area contributed by atoms with Gasteiger partial charge in [0.05, 0.1) is 49.8 Å². The molecule has 29 heavy (non-hydrogen) atoms. The highest BCUT2D eigenvalue weighted by atomic mass is 32.1. The minimum Gasteiger partial charge on any atom is -0.391 e. The van der Waals surface area contributed by atoms with Crippen LogP contribution in [0.4, 0.5) is 16.5 Å². The predicted octanol–water partition coefficient (Wildman–Crippen LogP) is 2.88. The van der Waals surface area contributed by atoms with Gasteiger partial charge in [0.25, 0.3) is 0 Å². The number of aromatic nitrogens is 3. The molecule has 8 nitrogen and oxygen atoms in total. The van der Waals surface area contributed by atoms with E-state index in [-0.39, 0.29) is 12.3 Å². The fraction of sp³-hybridized carbons (Fsp3) is 0.350. The van der Waals surface area contributed by atoms with Gasteiger partial charge in [0.1, 0.15) is 0 Å². The van der Waals surface area contributed by atoms with Crippen molar-refractivity contribution in [1.82, 2.24) is 14.8 Å². The molecule has 0 saturated carbocycles. The maximum atomic E-state index is 11.9. The van der Waals surface area contributed by atoms with Crippen LogP contribution in [0.25, 0.3) is 11.3 Å². The van der Waals surface area contributed by atoms with Crippen LogP contribution in [0.2, 0.25) is 0 Å². The number of rotatable bonds is 8. The monoisotopic (exact) mass is 413 g/mol. The Hall–Kier alpha value is -2.75. The molecule has 1 fully saturated rings. The standard InChI is InChI=1S/C20H23N5O3S/c1-2-28-8-7-24-11-15(10-21-24)22-20-23-18(13-29-20)14-3-5-16(6-4-14)25-12-17(26)9-19(25)27/h3-6,10-11,13,17,26H,2,7-9,12H2,1H3,(H,22,23)/t17-/m1/s1. The third-order valence-electron chi connectivity index (χ3n) is 4.64. The van der Waals surface area contributed by atoms with Gasteiger partial charge in [0.15, 0.2) is 5.13 Å². The molecule has 1 atom stereocenters. The molecule has 3 aromatic rings. The van der Waals surface area contributed by atoms with E-state index in [0.29, 0.717) is 26.3 Å². The Morgan fingerprint density at radius 2 is 2.17 bits per heavy atom. The number of carbonyl (C=O) groups is 1. The van der Waals surface area contributed by atoms with Crippen LogP contribution >= 0.6 is 11.3 Å². The lowest BCUT2D eigenvalue weighted by molar-refractivity contribution is -0.117. The number of thiazole rings is 1. The summed E-state index contributed by atoms with van der Waals surface area (Å²) in [7, 11) is 0. The minimum absolute atomic E-state index is 0.0489. The summed E-state index contributed by atoms with van der Waals surface area (Å²) in [5, 5.41) is 20.0. The van der Waals surface area contributed by atoms with Crippen LogP contribution in [0.15, 0.2) is 42.0 Å². The maximum Gasteiger partial charge on any atom is 0.229 e. The summed E-state index contributed by atoms with van der Waals surface area (Å²) < 4.78 is 7.18. The summed E-state index contributed by atoms with van der Waals surface area (Å²) in [6.45, 7) is 4.37. The highest BCUT2D eigenvalue weighted by molar-refractivity contribution is 7.14. The van der Waals surface area contributed by atoms with Crippen LogP contribution in [0.5, 0.6) is 0 Å². The van der Waals surface area contributed by atoms with Crippen molar-refractivity contribution in [3.63, 3.8) is 0 Å². The zero-order valence-corrected chi connectivity index (χ0v) is 16.9. The Morgan fingerprint density at radius 3 is 2.90 bits per heavy atom. The maximum absolute atomic E-state index is 11.9. The van der Waals surface area contributed by atoms with Crippen molar-refractivity contribution in [1.29, 1.82) is 0 Å². The van der Waals surface area contributed by atoms with Gasteiger partial charge in [-0.2, -0.15) is 5.10 Å². The highest BCUT2D eigenvalue weighted by Gasteiger charge is 2.28. The van der Waals surface area contributed by atoms with Crippen molar-refractivity contribution in [2.75, 3.05) is 30.0 Å². The first-order valence-electron chi connectivity index (χ1n) is 9.54. The Balaban J connectivity index is 1.39. The molecule has 1 saturated heterocycles. The van der Waals surface area contributed by atoms with E-state index < -0.39 is 6.10 Å². The quantitative estimate of drug-likeness (QED) is 0.552. The molecule has 1 amide bonds. The number of hydrogen-bond acceptors (Lipinski definition) is 7. The SMILES string of the molecule is CCOCCn1cc(Nc2nc(-c3ccc(N4C[C@H](O)CC4=O)cc3)cs2)cn1. The summed E-state index contributed by atoms with van der Waals surface area (Å²) in [5.74, 6) is -0.0489. The van der Waals surface area contributed by atoms with Gasteiger partial charge in [0, 0.05) is 29.4 Å². The number of benzene rings is 1. The molecule has 3 heterocycles. The molecule has 0 spiro atoms. The lowest BCUT2D eigenvalue weighted by atomic mass is 10.1. The van der Waals surface area contributed by atoms with Crippen LogP contribution in [-0.4, -0.2) is 51.6 Å². The molecule has 0 bridgehead atoms. The lowest BCUT2D eigenvalue weighted by Crippen LogP contribution is -2.25. The smallest absolute Gasteiger partial charge is 0.229 e. The van der Waals surface area contributed by atoms with Crippen LogP contribution in [0, 0.1) is 0 Å². The van der Waals surface area contributed by atoms with E-state index in [0.717, 1.165) is 27.8 Å². The number of aliphatic hydroxyl groups excluding tert-OH is 1. The fourth-order valence-corrected chi connectivity index (χ4v) is 3.93. The first-order chi connectivity index (χ1) is 14.1. The summed E-state index contributed by atoms with van der Waals surface area (Å²) >= 11 is 1.52. The summed E-state index contributed by atoms with van der Waals surface area (Å²) in [4.78, 5) is 18.2. The number of β-amino-alcohol motifs (C(OH)–C–C–N with tert-alkyl or cyclic N) is 1. The minimum atomic E-state index is -0.585. The highest BCUT2D eigenvalue weighted by Crippen LogP contribution is 2.29. The van der Waals surface area contributed by atoms with E-state index in [1.807, 2.05) is 47.4 Å². The number of hydrogen-bond donors (Lipinski definition) is 2. The van der Waals surface area contributed by atoms with Crippen molar-refractivity contribution >= 4 is 33.8 Å². The Kier molecular flexibility index (Phi) is 5.89. The zero-order chi connectivity index (χ0) is 20.2. The second kappa shape index (κ2) is 8.73. The largest absolute Gasteiger partial charge is 0.391 e. The van der Waals surface area contributed by atoms with Gasteiger partial charge in [-0.3, -0.25) is 9.48 Å². The molecule has 0 aliphatic carbocycles. The second-order valence-electron chi connectivity index (χ2n) is 6.76. The number of anilines is 3. The van der Waals surface area contributed by atoms with Crippen molar-refractivity contribution in [3.8, 4) is 11.3 Å². The number of aliphatic hydroxyl groups is 1. The van der Waals surface area contributed by atoms with E-state index >= 15 is 0 Å². The number of carbonyl (C=O) groups excluding carboxylic acids is 1. The molecule has 4 rings (SSSR count). The average Bonchev–Trinajstić information content (AvgIpc) is 3.43. The number of amides is 1. The van der Waals surface area contributed by atoms with Crippen molar-refractivity contribution in [3.05, 3.63) is 42.0 Å². The van der Waals surface area contributed by atoms with Gasteiger partial charge in [0.2, 0.25) is 5.91 Å². The van der Waals surface area contributed by atoms with E-state index in [1.54, 1.807) is 11.1 Å². The van der Waals surface area contributed by atoms with Crippen LogP contribution < -0.4 is 10.2 Å². The van der Waals surface area contributed by atoms with Gasteiger partial charge in [-0.15, -0.1) is 11.3 Å². The van der Waals surface area contributed by atoms with Gasteiger partial charge < -0.3 is 20.1 Å². The fourth-order valence-electron chi connectivity index (χ4n) is 3.19. The molecule has 1 aliphatic rings.